The van der Waals surface area contributed by atoms with Gasteiger partial charge in [0.25, 0.3) is 0 Å². The Bertz CT molecular complexity index is 1010. The second-order valence-corrected chi connectivity index (χ2v) is 9.54. The summed E-state index contributed by atoms with van der Waals surface area (Å²) in [5.41, 5.74) is -1.72. The number of aromatic amines is 1. The highest BCUT2D eigenvalue weighted by Crippen LogP contribution is 2.42. The van der Waals surface area contributed by atoms with Crippen LogP contribution in [0, 0.1) is 4.64 Å². The zero-order valence-electron chi connectivity index (χ0n) is 18.6. The summed E-state index contributed by atoms with van der Waals surface area (Å²) in [4.78, 5) is 12.7. The first-order valence-corrected chi connectivity index (χ1v) is 11.6. The largest absolute Gasteiger partial charge is 0.393 e. The van der Waals surface area contributed by atoms with E-state index in [9.17, 15) is 15.3 Å². The Morgan fingerprint density at radius 3 is 2.53 bits per heavy atom. The summed E-state index contributed by atoms with van der Waals surface area (Å²) in [6.45, 7) is 6.23. The maximum Gasteiger partial charge on any atom is 0.203 e. The molecule has 0 saturated carbocycles. The van der Waals surface area contributed by atoms with Crippen molar-refractivity contribution in [2.24, 2.45) is 0 Å². The molecular weight excluding hydrogens is 452 g/mol. The van der Waals surface area contributed by atoms with Gasteiger partial charge in [0.1, 0.15) is 29.0 Å². The first-order valence-electron chi connectivity index (χ1n) is 10.8. The molecule has 1 fully saturated rings. The summed E-state index contributed by atoms with van der Waals surface area (Å²) in [7, 11) is 0. The van der Waals surface area contributed by atoms with Crippen LogP contribution in [0.2, 0.25) is 0 Å². The minimum atomic E-state index is -1.36. The molecule has 0 spiro atoms. The van der Waals surface area contributed by atoms with Crippen molar-refractivity contribution < 1.29 is 20.1 Å². The number of thiocarbonyl (C=S) groups is 1. The van der Waals surface area contributed by atoms with Crippen molar-refractivity contribution in [3.05, 3.63) is 11.0 Å². The summed E-state index contributed by atoms with van der Waals surface area (Å²) in [6.07, 6.45) is 3.13. The van der Waals surface area contributed by atoms with E-state index in [0.717, 1.165) is 43.8 Å². The van der Waals surface area contributed by atoms with E-state index < -0.39 is 30.1 Å². The third-order valence-corrected chi connectivity index (χ3v) is 6.32. The Hall–Kier alpha value is -1.70. The average Bonchev–Trinajstić information content (AvgIpc) is 3.25. The molecule has 3 rings (SSSR count). The summed E-state index contributed by atoms with van der Waals surface area (Å²) in [5.74, 6) is 0.490. The number of fused-ring (bicyclic) bond motifs is 1. The van der Waals surface area contributed by atoms with Gasteiger partial charge in [-0.1, -0.05) is 37.3 Å². The quantitative estimate of drug-likeness (QED) is 0.217. The van der Waals surface area contributed by atoms with Crippen LogP contribution in [0.4, 0.5) is 5.95 Å². The van der Waals surface area contributed by atoms with Gasteiger partial charge in [0.2, 0.25) is 5.95 Å². The van der Waals surface area contributed by atoms with Crippen LogP contribution in [-0.4, -0.2) is 77.3 Å². The van der Waals surface area contributed by atoms with Gasteiger partial charge in [0.05, 0.1) is 17.9 Å². The van der Waals surface area contributed by atoms with Crippen LogP contribution in [0.25, 0.3) is 11.2 Å². The number of nitrogens with one attached hydrogen (secondary N) is 3. The van der Waals surface area contributed by atoms with E-state index >= 15 is 0 Å². The van der Waals surface area contributed by atoms with Gasteiger partial charge in [0, 0.05) is 13.1 Å². The van der Waals surface area contributed by atoms with Crippen LogP contribution in [0.1, 0.15) is 46.5 Å². The molecule has 1 saturated heterocycles. The normalized spacial score (nSPS) is 27.7. The molecule has 178 valence electrons. The van der Waals surface area contributed by atoms with Crippen molar-refractivity contribution in [2.45, 2.75) is 70.0 Å². The van der Waals surface area contributed by atoms with Gasteiger partial charge in [-0.05, 0) is 33.6 Å². The molecule has 10 nitrogen and oxygen atoms in total. The molecule has 0 radical (unpaired) electrons. The molecule has 0 aliphatic carbocycles. The Morgan fingerprint density at radius 1 is 1.22 bits per heavy atom. The summed E-state index contributed by atoms with van der Waals surface area (Å²) < 4.78 is 7.86. The highest BCUT2D eigenvalue weighted by atomic mass is 32.1. The highest BCUT2D eigenvalue weighted by Gasteiger charge is 2.59. The first-order chi connectivity index (χ1) is 15.1. The number of hydrogen-bond donors (Lipinski definition) is 6. The lowest BCUT2D eigenvalue weighted by Crippen LogP contribution is -2.44. The van der Waals surface area contributed by atoms with Gasteiger partial charge in [0.15, 0.2) is 10.4 Å². The lowest BCUT2D eigenvalue weighted by atomic mass is 9.96. The number of anilines is 1. The van der Waals surface area contributed by atoms with Gasteiger partial charge in [-0.3, -0.25) is 4.57 Å². The molecule has 4 atom stereocenters. The topological polar surface area (TPSA) is 140 Å². The number of rotatable bonds is 10. The monoisotopic (exact) mass is 484 g/mol. The summed E-state index contributed by atoms with van der Waals surface area (Å²) >= 11 is 10.4. The van der Waals surface area contributed by atoms with Crippen molar-refractivity contribution in [3.8, 4) is 0 Å². The van der Waals surface area contributed by atoms with Crippen LogP contribution in [-0.2, 0) is 10.5 Å². The molecule has 12 heteroatoms. The van der Waals surface area contributed by atoms with Gasteiger partial charge >= 0.3 is 0 Å². The number of unbranched alkanes of at least 4 members (excludes halogenated alkanes) is 3. The number of aromatic nitrogens is 4. The van der Waals surface area contributed by atoms with Crippen molar-refractivity contribution in [1.29, 1.82) is 0 Å². The van der Waals surface area contributed by atoms with Crippen LogP contribution < -0.4 is 10.6 Å². The maximum atomic E-state index is 10.7. The SMILES string of the molecule is CC(=S)NCCCCCCNc1nc(=S)c2ncn(C3(C)OC(C)(CO)C(O)C3O)c2[nH]1. The van der Waals surface area contributed by atoms with Crippen molar-refractivity contribution in [1.82, 2.24) is 24.8 Å². The fourth-order valence-corrected chi connectivity index (χ4v) is 4.29. The number of ether oxygens (including phenoxy) is 1. The van der Waals surface area contributed by atoms with Gasteiger partial charge in [-0.25, -0.2) is 9.97 Å². The number of aliphatic hydroxyl groups excluding tert-OH is 3. The van der Waals surface area contributed by atoms with E-state index in [1.165, 1.54) is 6.33 Å². The van der Waals surface area contributed by atoms with Crippen LogP contribution >= 0.6 is 24.4 Å². The minimum absolute atomic E-state index is 0.308. The lowest BCUT2D eigenvalue weighted by Gasteiger charge is -2.31. The van der Waals surface area contributed by atoms with Crippen molar-refractivity contribution >= 4 is 46.5 Å². The van der Waals surface area contributed by atoms with Crippen molar-refractivity contribution in [3.63, 3.8) is 0 Å². The van der Waals surface area contributed by atoms with E-state index in [1.54, 1.807) is 18.4 Å². The average molecular weight is 485 g/mol. The van der Waals surface area contributed by atoms with E-state index in [4.69, 9.17) is 29.2 Å². The van der Waals surface area contributed by atoms with E-state index in [0.29, 0.717) is 21.8 Å². The number of imidazole rings is 1. The second-order valence-electron chi connectivity index (χ2n) is 8.54. The van der Waals surface area contributed by atoms with E-state index in [1.807, 2.05) is 6.92 Å². The molecule has 0 aromatic carbocycles. The van der Waals surface area contributed by atoms with Gasteiger partial charge < -0.3 is 35.7 Å². The molecule has 0 amide bonds. The predicted octanol–water partition coefficient (Wildman–Crippen LogP) is 1.57. The van der Waals surface area contributed by atoms with Crippen LogP contribution in [0.3, 0.4) is 0 Å². The summed E-state index contributed by atoms with van der Waals surface area (Å²) in [6, 6.07) is 0. The smallest absolute Gasteiger partial charge is 0.203 e. The first kappa shape index (κ1) is 24.9. The molecule has 2 aromatic rings. The number of nitrogens with zero attached hydrogens (tertiary/aromatic N) is 3. The summed E-state index contributed by atoms with van der Waals surface area (Å²) in [5, 5.41) is 37.3. The second kappa shape index (κ2) is 10.1. The fourth-order valence-electron chi connectivity index (χ4n) is 3.95. The molecule has 3 heterocycles. The van der Waals surface area contributed by atoms with Crippen LogP contribution in [0.5, 0.6) is 0 Å². The molecule has 0 bridgehead atoms. The molecule has 1 aliphatic heterocycles. The van der Waals surface area contributed by atoms with E-state index in [2.05, 4.69) is 25.6 Å². The van der Waals surface area contributed by atoms with Gasteiger partial charge in [-0.15, -0.1) is 0 Å². The molecule has 1 aliphatic rings. The number of aliphatic hydroxyl groups is 3. The Labute approximate surface area is 197 Å². The molecule has 2 aromatic heterocycles. The molecular formula is C20H32N6O4S2. The zero-order valence-corrected chi connectivity index (χ0v) is 20.2. The highest BCUT2D eigenvalue weighted by molar-refractivity contribution is 7.80. The minimum Gasteiger partial charge on any atom is -0.393 e. The molecule has 4 unspecified atom stereocenters. The third kappa shape index (κ3) is 4.95. The lowest BCUT2D eigenvalue weighted by molar-refractivity contribution is -0.171. The number of H-pyrrole nitrogens is 1. The fraction of sp³-hybridized carbons (Fsp3) is 0.700. The predicted molar refractivity (Wildman–Crippen MR) is 128 cm³/mol. The molecule has 32 heavy (non-hydrogen) atoms. The molecule has 6 N–H and O–H groups in total. The van der Waals surface area contributed by atoms with Crippen LogP contribution in [0.15, 0.2) is 6.33 Å². The number of hydrogen-bond acceptors (Lipinski definition) is 9. The van der Waals surface area contributed by atoms with E-state index in [-0.39, 0.29) is 0 Å². The standard InChI is InChI=1S/C20H32N6O4S2/c1-12(31)21-8-6-4-5-7-9-22-18-24-16-13(17(32)25-18)23-11-26(16)20(3)15(29)14(28)19(2,10-27)30-20/h11,14-15,27-29H,4-10H2,1-3H3,(H,21,31)(H2,22,24,25,32). The third-order valence-electron chi connectivity index (χ3n) is 5.90. The Morgan fingerprint density at radius 2 is 1.91 bits per heavy atom. The Kier molecular flexibility index (Phi) is 7.84. The zero-order chi connectivity index (χ0) is 23.5. The van der Waals surface area contributed by atoms with Gasteiger partial charge in [-0.2, -0.15) is 0 Å². The Balaban J connectivity index is 1.70. The maximum absolute atomic E-state index is 10.7. The van der Waals surface area contributed by atoms with Crippen molar-refractivity contribution in [2.75, 3.05) is 25.0 Å².